The predicted molar refractivity (Wildman–Crippen MR) is 54.1 cm³/mol. The normalized spacial score (nSPS) is 13.4. The second-order valence-electron chi connectivity index (χ2n) is 2.69. The summed E-state index contributed by atoms with van der Waals surface area (Å²) in [4.78, 5) is 5.43. The van der Waals surface area contributed by atoms with Crippen molar-refractivity contribution in [3.8, 4) is 0 Å². The van der Waals surface area contributed by atoms with Crippen LogP contribution in [0.5, 0.6) is 0 Å². The SMILES string of the molecule is C=S(C)c1ccc2nccn2c1. The first-order valence-electron chi connectivity index (χ1n) is 3.66. The van der Waals surface area contributed by atoms with Gasteiger partial charge in [-0.25, -0.2) is 4.98 Å². The van der Waals surface area contributed by atoms with Crippen LogP contribution in [0.15, 0.2) is 35.6 Å². The molecule has 0 spiro atoms. The van der Waals surface area contributed by atoms with Crippen molar-refractivity contribution in [2.24, 2.45) is 0 Å². The zero-order valence-corrected chi connectivity index (χ0v) is 7.71. The third-order valence-corrected chi connectivity index (χ3v) is 2.81. The van der Waals surface area contributed by atoms with Crippen molar-refractivity contribution in [3.05, 3.63) is 30.7 Å². The molecule has 3 heteroatoms. The van der Waals surface area contributed by atoms with Crippen LogP contribution < -0.4 is 0 Å². The van der Waals surface area contributed by atoms with Crippen LogP contribution in [0.25, 0.3) is 5.65 Å². The highest BCUT2D eigenvalue weighted by atomic mass is 32.2. The maximum Gasteiger partial charge on any atom is 0.136 e. The molecule has 0 fully saturated rings. The van der Waals surface area contributed by atoms with Crippen molar-refractivity contribution in [1.82, 2.24) is 9.38 Å². The average molecular weight is 178 g/mol. The van der Waals surface area contributed by atoms with Crippen molar-refractivity contribution >= 4 is 22.0 Å². The van der Waals surface area contributed by atoms with Gasteiger partial charge in [0.25, 0.3) is 0 Å². The lowest BCUT2D eigenvalue weighted by molar-refractivity contribution is 1.13. The van der Waals surface area contributed by atoms with Crippen molar-refractivity contribution in [3.63, 3.8) is 0 Å². The van der Waals surface area contributed by atoms with E-state index in [0.29, 0.717) is 0 Å². The van der Waals surface area contributed by atoms with Crippen LogP contribution in [0, 0.1) is 0 Å². The molecule has 0 aromatic carbocycles. The quantitative estimate of drug-likeness (QED) is 0.611. The standard InChI is InChI=1S/C9H10N2S/c1-12(2)8-3-4-9-10-5-6-11(9)7-8/h3-7H,1H2,2H3. The Morgan fingerprint density at radius 3 is 3.08 bits per heavy atom. The first-order chi connectivity index (χ1) is 5.77. The van der Waals surface area contributed by atoms with Crippen LogP contribution in [-0.4, -0.2) is 21.5 Å². The van der Waals surface area contributed by atoms with Crippen molar-refractivity contribution in [2.45, 2.75) is 4.90 Å². The predicted octanol–water partition coefficient (Wildman–Crippen LogP) is 2.02. The molecule has 1 unspecified atom stereocenters. The van der Waals surface area contributed by atoms with E-state index < -0.39 is 0 Å². The van der Waals surface area contributed by atoms with Crippen LogP contribution >= 0.6 is 10.5 Å². The maximum atomic E-state index is 4.16. The zero-order chi connectivity index (χ0) is 8.55. The Morgan fingerprint density at radius 2 is 2.33 bits per heavy atom. The summed E-state index contributed by atoms with van der Waals surface area (Å²) < 4.78 is 2.02. The van der Waals surface area contributed by atoms with Crippen molar-refractivity contribution in [1.29, 1.82) is 0 Å². The van der Waals surface area contributed by atoms with Gasteiger partial charge in [-0.3, -0.25) is 0 Å². The van der Waals surface area contributed by atoms with Crippen LogP contribution in [-0.2, 0) is 0 Å². The molecule has 0 aliphatic rings. The molecule has 0 aliphatic carbocycles. The highest BCUT2D eigenvalue weighted by Gasteiger charge is 1.95. The summed E-state index contributed by atoms with van der Waals surface area (Å²) in [5.41, 5.74) is 0.990. The molecule has 0 radical (unpaired) electrons. The number of fused-ring (bicyclic) bond motifs is 1. The van der Waals surface area contributed by atoms with Gasteiger partial charge < -0.3 is 4.40 Å². The Bertz CT molecular complexity index is 431. The molecule has 2 nitrogen and oxygen atoms in total. The van der Waals surface area contributed by atoms with Gasteiger partial charge in [0.1, 0.15) is 5.65 Å². The highest BCUT2D eigenvalue weighted by Crippen LogP contribution is 2.20. The van der Waals surface area contributed by atoms with Gasteiger partial charge in [0.2, 0.25) is 0 Å². The minimum absolute atomic E-state index is 0.0823. The fraction of sp³-hybridized carbons (Fsp3) is 0.111. The Kier molecular flexibility index (Phi) is 1.73. The van der Waals surface area contributed by atoms with E-state index in [-0.39, 0.29) is 10.5 Å². The molecule has 0 bridgehead atoms. The van der Waals surface area contributed by atoms with Crippen LogP contribution in [0.1, 0.15) is 0 Å². The number of hydrogen-bond acceptors (Lipinski definition) is 1. The van der Waals surface area contributed by atoms with Gasteiger partial charge in [-0.15, -0.1) is 0 Å². The molecule has 2 rings (SSSR count). The van der Waals surface area contributed by atoms with E-state index >= 15 is 0 Å². The fourth-order valence-electron chi connectivity index (χ4n) is 1.11. The number of aromatic nitrogens is 2. The molecule has 62 valence electrons. The smallest absolute Gasteiger partial charge is 0.136 e. The van der Waals surface area contributed by atoms with Crippen LogP contribution in [0.3, 0.4) is 0 Å². The van der Waals surface area contributed by atoms with Gasteiger partial charge in [0, 0.05) is 23.5 Å². The Balaban J connectivity index is 2.68. The van der Waals surface area contributed by atoms with Crippen LogP contribution in [0.2, 0.25) is 0 Å². The summed E-state index contributed by atoms with van der Waals surface area (Å²) in [5.74, 6) is 3.99. The fourth-order valence-corrected chi connectivity index (χ4v) is 1.70. The molecule has 2 heterocycles. The molecule has 0 saturated carbocycles. The molecule has 2 aromatic heterocycles. The van der Waals surface area contributed by atoms with Gasteiger partial charge in [-0.05, 0) is 18.4 Å². The molecule has 12 heavy (non-hydrogen) atoms. The van der Waals surface area contributed by atoms with E-state index in [0.717, 1.165) is 5.65 Å². The molecule has 2 aromatic rings. The third-order valence-electron chi connectivity index (χ3n) is 1.76. The number of nitrogens with zero attached hydrogens (tertiary/aromatic N) is 2. The molecule has 0 N–H and O–H groups in total. The minimum Gasteiger partial charge on any atom is -0.306 e. The average Bonchev–Trinajstić information content (AvgIpc) is 2.49. The molecule has 1 atom stereocenters. The first-order valence-corrected chi connectivity index (χ1v) is 5.46. The Hall–Kier alpha value is -1.09. The lowest BCUT2D eigenvalue weighted by Crippen LogP contribution is -1.83. The number of rotatable bonds is 1. The van der Waals surface area contributed by atoms with E-state index in [1.807, 2.05) is 16.7 Å². The second-order valence-corrected chi connectivity index (χ2v) is 4.44. The summed E-state index contributed by atoms with van der Waals surface area (Å²) in [6, 6.07) is 4.10. The van der Waals surface area contributed by atoms with Crippen molar-refractivity contribution in [2.75, 3.05) is 6.26 Å². The van der Waals surface area contributed by atoms with Gasteiger partial charge in [0.15, 0.2) is 0 Å². The lowest BCUT2D eigenvalue weighted by atomic mass is 10.5. The maximum absolute atomic E-state index is 4.16. The van der Waals surface area contributed by atoms with E-state index in [2.05, 4.69) is 29.4 Å². The van der Waals surface area contributed by atoms with Gasteiger partial charge in [-0.1, -0.05) is 5.87 Å². The first kappa shape index (κ1) is 7.55. The molecular formula is C9H10N2S. The number of imidazole rings is 1. The number of hydrogen-bond donors (Lipinski definition) is 0. The summed E-state index contributed by atoms with van der Waals surface area (Å²) in [6.45, 7) is 0. The minimum atomic E-state index is 0.0823. The Morgan fingerprint density at radius 1 is 1.50 bits per heavy atom. The molecular weight excluding hydrogens is 168 g/mol. The summed E-state index contributed by atoms with van der Waals surface area (Å²) in [6.07, 6.45) is 7.94. The molecule has 0 saturated heterocycles. The summed E-state index contributed by atoms with van der Waals surface area (Å²) in [7, 11) is 0.0823. The summed E-state index contributed by atoms with van der Waals surface area (Å²) in [5, 5.41) is 0. The van der Waals surface area contributed by atoms with Gasteiger partial charge in [-0.2, -0.15) is 10.5 Å². The molecule has 0 aliphatic heterocycles. The third kappa shape index (κ3) is 1.16. The zero-order valence-electron chi connectivity index (χ0n) is 6.90. The largest absolute Gasteiger partial charge is 0.306 e. The van der Waals surface area contributed by atoms with Gasteiger partial charge in [0.05, 0.1) is 0 Å². The summed E-state index contributed by atoms with van der Waals surface area (Å²) >= 11 is 0. The lowest BCUT2D eigenvalue weighted by Gasteiger charge is -2.00. The highest BCUT2D eigenvalue weighted by molar-refractivity contribution is 8.13. The second kappa shape index (κ2) is 2.75. The van der Waals surface area contributed by atoms with Crippen LogP contribution in [0.4, 0.5) is 0 Å². The van der Waals surface area contributed by atoms with Gasteiger partial charge >= 0.3 is 0 Å². The number of pyridine rings is 1. The topological polar surface area (TPSA) is 17.3 Å². The Labute approximate surface area is 73.8 Å². The van der Waals surface area contributed by atoms with E-state index in [1.54, 1.807) is 6.20 Å². The monoisotopic (exact) mass is 178 g/mol. The van der Waals surface area contributed by atoms with Crippen molar-refractivity contribution < 1.29 is 0 Å². The van der Waals surface area contributed by atoms with E-state index in [9.17, 15) is 0 Å². The molecule has 0 amide bonds. The van der Waals surface area contributed by atoms with E-state index in [1.165, 1.54) is 4.90 Å². The van der Waals surface area contributed by atoms with E-state index in [4.69, 9.17) is 0 Å².